The highest BCUT2D eigenvalue weighted by Gasteiger charge is 2.19. The summed E-state index contributed by atoms with van der Waals surface area (Å²) in [5.74, 6) is 1.55. The molecule has 0 spiro atoms. The fourth-order valence-corrected chi connectivity index (χ4v) is 3.37. The normalized spacial score (nSPS) is 20.9. The van der Waals surface area contributed by atoms with Crippen LogP contribution in [-0.4, -0.2) is 21.9 Å². The van der Waals surface area contributed by atoms with Crippen LogP contribution >= 0.6 is 0 Å². The van der Waals surface area contributed by atoms with Crippen LogP contribution in [0.1, 0.15) is 51.3 Å². The number of hydrogen-bond donors (Lipinski definition) is 2. The first kappa shape index (κ1) is 16.7. The number of nitrogens with one attached hydrogen (secondary N) is 2. The van der Waals surface area contributed by atoms with Gasteiger partial charge in [0.2, 0.25) is 5.91 Å². The zero-order valence-electron chi connectivity index (χ0n) is 14.2. The number of carbonyl (C=O) groups is 1. The number of aromatic amines is 1. The molecule has 1 fully saturated rings. The molecule has 1 aliphatic carbocycles. The molecule has 0 saturated heterocycles. The van der Waals surface area contributed by atoms with Crippen molar-refractivity contribution in [1.82, 2.24) is 15.3 Å². The second kappa shape index (κ2) is 7.60. The van der Waals surface area contributed by atoms with E-state index in [1.54, 1.807) is 6.07 Å². The van der Waals surface area contributed by atoms with E-state index in [4.69, 9.17) is 0 Å². The highest BCUT2D eigenvalue weighted by atomic mass is 16.1. The van der Waals surface area contributed by atoms with Gasteiger partial charge in [-0.3, -0.25) is 9.59 Å². The zero-order chi connectivity index (χ0) is 16.9. The Labute approximate surface area is 141 Å². The quantitative estimate of drug-likeness (QED) is 0.886. The SMILES string of the molecule is CC1CCC(NC(=O)CCCc2nc3ccccc3c(=O)[nH]2)CC1. The molecule has 0 unspecified atom stereocenters. The van der Waals surface area contributed by atoms with Crippen LogP contribution in [0.15, 0.2) is 29.1 Å². The van der Waals surface area contributed by atoms with Crippen molar-refractivity contribution in [3.63, 3.8) is 0 Å². The molecule has 0 atom stereocenters. The van der Waals surface area contributed by atoms with Crippen LogP contribution < -0.4 is 10.9 Å². The summed E-state index contributed by atoms with van der Waals surface area (Å²) >= 11 is 0. The fourth-order valence-electron chi connectivity index (χ4n) is 3.37. The lowest BCUT2D eigenvalue weighted by atomic mass is 9.87. The Balaban J connectivity index is 1.49. The maximum atomic E-state index is 12.1. The Morgan fingerprint density at radius 2 is 2.00 bits per heavy atom. The van der Waals surface area contributed by atoms with E-state index in [2.05, 4.69) is 22.2 Å². The molecule has 1 aromatic carbocycles. The minimum Gasteiger partial charge on any atom is -0.353 e. The summed E-state index contributed by atoms with van der Waals surface area (Å²) in [5.41, 5.74) is 0.591. The van der Waals surface area contributed by atoms with E-state index in [1.165, 1.54) is 12.8 Å². The van der Waals surface area contributed by atoms with Crippen LogP contribution in [0.2, 0.25) is 0 Å². The van der Waals surface area contributed by atoms with E-state index >= 15 is 0 Å². The zero-order valence-corrected chi connectivity index (χ0v) is 14.2. The third-order valence-corrected chi connectivity index (χ3v) is 4.86. The molecule has 5 heteroatoms. The molecule has 1 saturated carbocycles. The summed E-state index contributed by atoms with van der Waals surface area (Å²) < 4.78 is 0. The summed E-state index contributed by atoms with van der Waals surface area (Å²) in [5, 5.41) is 3.74. The molecule has 5 nitrogen and oxygen atoms in total. The van der Waals surface area contributed by atoms with Crippen LogP contribution in [0.3, 0.4) is 0 Å². The van der Waals surface area contributed by atoms with Gasteiger partial charge in [0.1, 0.15) is 5.82 Å². The van der Waals surface area contributed by atoms with Crippen molar-refractivity contribution in [3.05, 3.63) is 40.4 Å². The van der Waals surface area contributed by atoms with E-state index in [1.807, 2.05) is 18.2 Å². The summed E-state index contributed by atoms with van der Waals surface area (Å²) in [6, 6.07) is 7.65. The molecule has 1 heterocycles. The Kier molecular flexibility index (Phi) is 5.28. The van der Waals surface area contributed by atoms with E-state index in [0.29, 0.717) is 42.0 Å². The predicted octanol–water partition coefficient (Wildman–Crippen LogP) is 2.94. The number of carbonyl (C=O) groups excluding carboxylic acids is 1. The molecule has 1 aromatic heterocycles. The molecule has 128 valence electrons. The van der Waals surface area contributed by atoms with Crippen molar-refractivity contribution >= 4 is 16.8 Å². The van der Waals surface area contributed by atoms with Gasteiger partial charge in [-0.25, -0.2) is 4.98 Å². The van der Waals surface area contributed by atoms with Crippen molar-refractivity contribution < 1.29 is 4.79 Å². The average Bonchev–Trinajstić information content (AvgIpc) is 2.57. The first-order valence-corrected chi connectivity index (χ1v) is 8.89. The van der Waals surface area contributed by atoms with Crippen LogP contribution in [0.5, 0.6) is 0 Å². The first-order valence-electron chi connectivity index (χ1n) is 8.89. The molecule has 2 aromatic rings. The van der Waals surface area contributed by atoms with Gasteiger partial charge in [0.05, 0.1) is 10.9 Å². The van der Waals surface area contributed by atoms with Crippen molar-refractivity contribution in [2.45, 2.75) is 57.9 Å². The largest absolute Gasteiger partial charge is 0.353 e. The number of H-pyrrole nitrogens is 1. The lowest BCUT2D eigenvalue weighted by Crippen LogP contribution is -2.37. The van der Waals surface area contributed by atoms with Gasteiger partial charge in [-0.05, 0) is 50.2 Å². The second-order valence-corrected chi connectivity index (χ2v) is 6.91. The monoisotopic (exact) mass is 327 g/mol. The van der Waals surface area contributed by atoms with Crippen LogP contribution in [0.4, 0.5) is 0 Å². The Morgan fingerprint density at radius 1 is 1.25 bits per heavy atom. The standard InChI is InChI=1S/C19H25N3O2/c1-13-9-11-14(12-10-13)20-18(23)8-4-7-17-21-16-6-3-2-5-15(16)19(24)22-17/h2-3,5-6,13-14H,4,7-12H2,1H3,(H,20,23)(H,21,22,24). The number of aromatic nitrogens is 2. The Hall–Kier alpha value is -2.17. The molecule has 0 bridgehead atoms. The summed E-state index contributed by atoms with van der Waals surface area (Å²) in [6.07, 6.45) is 6.35. The molecule has 0 radical (unpaired) electrons. The van der Waals surface area contributed by atoms with Gasteiger partial charge in [0.25, 0.3) is 5.56 Å². The molecular weight excluding hydrogens is 302 g/mol. The van der Waals surface area contributed by atoms with Gasteiger partial charge in [0, 0.05) is 18.9 Å². The second-order valence-electron chi connectivity index (χ2n) is 6.91. The number of hydrogen-bond acceptors (Lipinski definition) is 3. The van der Waals surface area contributed by atoms with E-state index in [0.717, 1.165) is 18.8 Å². The van der Waals surface area contributed by atoms with Crippen molar-refractivity contribution in [3.8, 4) is 0 Å². The van der Waals surface area contributed by atoms with Gasteiger partial charge in [-0.15, -0.1) is 0 Å². The highest BCUT2D eigenvalue weighted by Crippen LogP contribution is 2.23. The number of nitrogens with zero attached hydrogens (tertiary/aromatic N) is 1. The van der Waals surface area contributed by atoms with Crippen molar-refractivity contribution in [1.29, 1.82) is 0 Å². The van der Waals surface area contributed by atoms with Crippen molar-refractivity contribution in [2.24, 2.45) is 5.92 Å². The number of rotatable bonds is 5. The number of benzene rings is 1. The predicted molar refractivity (Wildman–Crippen MR) is 94.9 cm³/mol. The van der Waals surface area contributed by atoms with Crippen molar-refractivity contribution in [2.75, 3.05) is 0 Å². The maximum Gasteiger partial charge on any atom is 0.258 e. The third kappa shape index (κ3) is 4.22. The average molecular weight is 327 g/mol. The molecule has 1 amide bonds. The molecule has 0 aliphatic heterocycles. The summed E-state index contributed by atoms with van der Waals surface area (Å²) in [7, 11) is 0. The minimum absolute atomic E-state index is 0.109. The molecule has 24 heavy (non-hydrogen) atoms. The van der Waals surface area contributed by atoms with Gasteiger partial charge in [-0.2, -0.15) is 0 Å². The lowest BCUT2D eigenvalue weighted by Gasteiger charge is -2.26. The topological polar surface area (TPSA) is 74.8 Å². The number of aryl methyl sites for hydroxylation is 1. The van der Waals surface area contributed by atoms with E-state index in [-0.39, 0.29) is 11.5 Å². The minimum atomic E-state index is -0.114. The Morgan fingerprint density at radius 3 is 2.79 bits per heavy atom. The van der Waals surface area contributed by atoms with Crippen LogP contribution in [0.25, 0.3) is 10.9 Å². The van der Waals surface area contributed by atoms with Gasteiger partial charge in [-0.1, -0.05) is 19.1 Å². The summed E-state index contributed by atoms with van der Waals surface area (Å²) in [4.78, 5) is 31.4. The highest BCUT2D eigenvalue weighted by molar-refractivity contribution is 5.77. The van der Waals surface area contributed by atoms with Gasteiger partial charge >= 0.3 is 0 Å². The smallest absolute Gasteiger partial charge is 0.258 e. The van der Waals surface area contributed by atoms with E-state index < -0.39 is 0 Å². The maximum absolute atomic E-state index is 12.1. The first-order chi connectivity index (χ1) is 11.6. The van der Waals surface area contributed by atoms with Gasteiger partial charge < -0.3 is 10.3 Å². The summed E-state index contributed by atoms with van der Waals surface area (Å²) in [6.45, 7) is 2.27. The van der Waals surface area contributed by atoms with Gasteiger partial charge in [0.15, 0.2) is 0 Å². The molecule has 3 rings (SSSR count). The molecular formula is C19H25N3O2. The van der Waals surface area contributed by atoms with Crippen LogP contribution in [-0.2, 0) is 11.2 Å². The van der Waals surface area contributed by atoms with E-state index in [9.17, 15) is 9.59 Å². The molecule has 1 aliphatic rings. The fraction of sp³-hybridized carbons (Fsp3) is 0.526. The third-order valence-electron chi connectivity index (χ3n) is 4.86. The number of fused-ring (bicyclic) bond motifs is 1. The van der Waals surface area contributed by atoms with Crippen LogP contribution in [0, 0.1) is 5.92 Å². The lowest BCUT2D eigenvalue weighted by molar-refractivity contribution is -0.122. The number of amides is 1. The molecule has 2 N–H and O–H groups in total. The number of para-hydroxylation sites is 1. The Bertz CT molecular complexity index is 761.